The molecule has 1 aromatic heterocycles. The third-order valence-electron chi connectivity index (χ3n) is 6.02. The fourth-order valence-electron chi connectivity index (χ4n) is 4.14. The molecule has 0 spiro atoms. The lowest BCUT2D eigenvalue weighted by Gasteiger charge is -2.27. The van der Waals surface area contributed by atoms with Crippen molar-refractivity contribution in [3.8, 4) is 11.4 Å². The van der Waals surface area contributed by atoms with Crippen molar-refractivity contribution in [2.75, 3.05) is 0 Å². The molecule has 0 saturated carbocycles. The minimum absolute atomic E-state index is 0.0593. The van der Waals surface area contributed by atoms with Gasteiger partial charge in [-0.3, -0.25) is 15.0 Å². The van der Waals surface area contributed by atoms with Crippen molar-refractivity contribution in [1.29, 1.82) is 0 Å². The number of carbonyl (C=O) groups is 3. The number of hydrogen-bond donors (Lipinski definition) is 2. The molecule has 3 aromatic carbocycles. The van der Waals surface area contributed by atoms with Crippen LogP contribution < -0.4 is 10.7 Å². The highest BCUT2D eigenvalue weighted by atomic mass is 16.5. The molecule has 1 aliphatic rings. The van der Waals surface area contributed by atoms with Crippen molar-refractivity contribution in [3.05, 3.63) is 108 Å². The van der Waals surface area contributed by atoms with Crippen LogP contribution in [0.4, 0.5) is 4.79 Å². The minimum Gasteiger partial charge on any atom is -0.339 e. The van der Waals surface area contributed by atoms with Crippen molar-refractivity contribution in [2.45, 2.75) is 25.3 Å². The van der Waals surface area contributed by atoms with Gasteiger partial charge in [0.05, 0.1) is 0 Å². The summed E-state index contributed by atoms with van der Waals surface area (Å²) in [6.07, 6.45) is 0.0904. The lowest BCUT2D eigenvalue weighted by atomic mass is 9.83. The Kier molecular flexibility index (Phi) is 6.03. The number of benzene rings is 3. The molecular formula is C27H23N5O4. The van der Waals surface area contributed by atoms with Gasteiger partial charge in [0, 0.05) is 18.4 Å². The fraction of sp³-hybridized carbons (Fsp3) is 0.148. The van der Waals surface area contributed by atoms with Crippen LogP contribution in [0.3, 0.4) is 0 Å². The van der Waals surface area contributed by atoms with Gasteiger partial charge in [-0.15, -0.1) is 0 Å². The molecule has 9 nitrogen and oxygen atoms in total. The molecule has 0 bridgehead atoms. The summed E-state index contributed by atoms with van der Waals surface area (Å²) in [6.45, 7) is 1.99. The lowest BCUT2D eigenvalue weighted by molar-refractivity contribution is -0.138. The Morgan fingerprint density at radius 3 is 2.17 bits per heavy atom. The summed E-state index contributed by atoms with van der Waals surface area (Å²) in [5, 5.41) is 7.48. The Bertz CT molecular complexity index is 1360. The van der Waals surface area contributed by atoms with E-state index < -0.39 is 23.4 Å². The van der Waals surface area contributed by atoms with E-state index in [0.29, 0.717) is 17.0 Å². The van der Waals surface area contributed by atoms with Gasteiger partial charge in [0.2, 0.25) is 17.6 Å². The summed E-state index contributed by atoms with van der Waals surface area (Å²) >= 11 is 0. The lowest BCUT2D eigenvalue weighted by Crippen LogP contribution is -2.49. The first-order valence-electron chi connectivity index (χ1n) is 11.4. The van der Waals surface area contributed by atoms with E-state index in [1.165, 1.54) is 0 Å². The molecule has 1 aliphatic heterocycles. The molecule has 0 aliphatic carbocycles. The van der Waals surface area contributed by atoms with E-state index in [9.17, 15) is 14.4 Å². The molecule has 2 heterocycles. The molecule has 1 saturated heterocycles. The van der Waals surface area contributed by atoms with Gasteiger partial charge in [-0.1, -0.05) is 95.6 Å². The van der Waals surface area contributed by atoms with Crippen molar-refractivity contribution in [2.24, 2.45) is 0 Å². The molecule has 1 fully saturated rings. The van der Waals surface area contributed by atoms with Gasteiger partial charge < -0.3 is 9.84 Å². The molecule has 180 valence electrons. The molecule has 0 unspecified atom stereocenters. The van der Waals surface area contributed by atoms with Gasteiger partial charge in [0.25, 0.3) is 5.91 Å². The SMILES string of the molecule is Cc1ccc(-c2noc(CCC(=O)NN3C(=O)NC(c4ccccc4)(c4ccccc4)C3=O)n2)cc1. The van der Waals surface area contributed by atoms with Crippen LogP contribution in [-0.4, -0.2) is 33.0 Å². The Hall–Kier alpha value is -4.79. The monoisotopic (exact) mass is 481 g/mol. The second-order valence-corrected chi connectivity index (χ2v) is 8.47. The normalized spacial score (nSPS) is 14.5. The van der Waals surface area contributed by atoms with Crippen LogP contribution in [0.15, 0.2) is 89.5 Å². The molecule has 4 amide bonds. The maximum absolute atomic E-state index is 13.6. The van der Waals surface area contributed by atoms with Crippen LogP contribution in [0.5, 0.6) is 0 Å². The maximum Gasteiger partial charge on any atom is 0.344 e. The Balaban J connectivity index is 1.30. The van der Waals surface area contributed by atoms with Crippen molar-refractivity contribution >= 4 is 17.8 Å². The molecule has 5 rings (SSSR count). The number of aromatic nitrogens is 2. The first-order valence-corrected chi connectivity index (χ1v) is 11.4. The number of urea groups is 1. The third-order valence-corrected chi connectivity index (χ3v) is 6.02. The number of nitrogens with zero attached hydrogens (tertiary/aromatic N) is 3. The van der Waals surface area contributed by atoms with Gasteiger partial charge in [-0.2, -0.15) is 9.99 Å². The molecular weight excluding hydrogens is 458 g/mol. The Morgan fingerprint density at radius 1 is 0.944 bits per heavy atom. The van der Waals surface area contributed by atoms with Crippen LogP contribution >= 0.6 is 0 Å². The van der Waals surface area contributed by atoms with Gasteiger partial charge in [-0.25, -0.2) is 4.79 Å². The predicted molar refractivity (Wildman–Crippen MR) is 130 cm³/mol. The summed E-state index contributed by atoms with van der Waals surface area (Å²) in [7, 11) is 0. The topological polar surface area (TPSA) is 117 Å². The first kappa shape index (κ1) is 23.0. The van der Waals surface area contributed by atoms with Crippen LogP contribution in [0.25, 0.3) is 11.4 Å². The summed E-state index contributed by atoms with van der Waals surface area (Å²) in [6, 6.07) is 24.8. The van der Waals surface area contributed by atoms with E-state index >= 15 is 0 Å². The number of carbonyl (C=O) groups excluding carboxylic acids is 3. The maximum atomic E-state index is 13.6. The predicted octanol–water partition coefficient (Wildman–Crippen LogP) is 3.50. The molecule has 9 heteroatoms. The number of imide groups is 1. The Labute approximate surface area is 207 Å². The summed E-state index contributed by atoms with van der Waals surface area (Å²) in [4.78, 5) is 43.5. The second kappa shape index (κ2) is 9.46. The molecule has 36 heavy (non-hydrogen) atoms. The van der Waals surface area contributed by atoms with Crippen molar-refractivity contribution < 1.29 is 18.9 Å². The largest absolute Gasteiger partial charge is 0.344 e. The quantitative estimate of drug-likeness (QED) is 0.390. The highest BCUT2D eigenvalue weighted by Gasteiger charge is 2.54. The summed E-state index contributed by atoms with van der Waals surface area (Å²) in [5.41, 5.74) is 4.06. The number of rotatable bonds is 7. The molecule has 0 atom stereocenters. The highest BCUT2D eigenvalue weighted by Crippen LogP contribution is 2.35. The zero-order valence-electron chi connectivity index (χ0n) is 19.5. The number of amides is 4. The van der Waals surface area contributed by atoms with Gasteiger partial charge in [0.1, 0.15) is 0 Å². The smallest absolute Gasteiger partial charge is 0.339 e. The van der Waals surface area contributed by atoms with Gasteiger partial charge >= 0.3 is 6.03 Å². The van der Waals surface area contributed by atoms with Gasteiger partial charge in [0.15, 0.2) is 5.54 Å². The summed E-state index contributed by atoms with van der Waals surface area (Å²) < 4.78 is 5.26. The first-order chi connectivity index (χ1) is 17.5. The zero-order valence-corrected chi connectivity index (χ0v) is 19.5. The second-order valence-electron chi connectivity index (χ2n) is 8.47. The number of aryl methyl sites for hydroxylation is 2. The van der Waals surface area contributed by atoms with Crippen molar-refractivity contribution in [3.63, 3.8) is 0 Å². The number of hydrazine groups is 1. The molecule has 4 aromatic rings. The van der Waals surface area contributed by atoms with Crippen LogP contribution in [-0.2, 0) is 21.5 Å². The van der Waals surface area contributed by atoms with E-state index in [1.54, 1.807) is 48.5 Å². The average Bonchev–Trinajstić information content (AvgIpc) is 3.48. The number of hydrogen-bond acceptors (Lipinski definition) is 6. The number of nitrogens with one attached hydrogen (secondary N) is 2. The average molecular weight is 482 g/mol. The molecule has 2 N–H and O–H groups in total. The van der Waals surface area contributed by atoms with Crippen molar-refractivity contribution in [1.82, 2.24) is 25.9 Å². The van der Waals surface area contributed by atoms with Gasteiger partial charge in [-0.05, 0) is 18.1 Å². The van der Waals surface area contributed by atoms with E-state index in [1.807, 2.05) is 43.3 Å². The van der Waals surface area contributed by atoms with Crippen LogP contribution in [0.2, 0.25) is 0 Å². The Morgan fingerprint density at radius 2 is 1.56 bits per heavy atom. The van der Waals surface area contributed by atoms with Crippen LogP contribution in [0, 0.1) is 6.92 Å². The van der Waals surface area contributed by atoms with E-state index in [4.69, 9.17) is 4.52 Å². The standard InChI is InChI=1S/C27H23N5O4/c1-18-12-14-19(15-13-18)24-28-23(36-31-24)17-16-22(33)30-32-25(34)27(29-26(32)35,20-8-4-2-5-9-20)21-10-6-3-7-11-21/h2-15H,16-17H2,1H3,(H,29,35)(H,30,33). The van der Waals surface area contributed by atoms with E-state index in [-0.39, 0.29) is 18.7 Å². The fourth-order valence-corrected chi connectivity index (χ4v) is 4.14. The van der Waals surface area contributed by atoms with E-state index in [0.717, 1.165) is 16.1 Å². The minimum atomic E-state index is -1.46. The molecule has 0 radical (unpaired) electrons. The van der Waals surface area contributed by atoms with Crippen LogP contribution in [0.1, 0.15) is 29.0 Å². The van der Waals surface area contributed by atoms with E-state index in [2.05, 4.69) is 20.9 Å². The highest BCUT2D eigenvalue weighted by molar-refractivity contribution is 6.10. The summed E-state index contributed by atoms with van der Waals surface area (Å²) in [5.74, 6) is -0.431. The third kappa shape index (κ3) is 4.22. The zero-order chi connectivity index (χ0) is 25.1.